The van der Waals surface area contributed by atoms with E-state index >= 15 is 0 Å². The van der Waals surface area contributed by atoms with Crippen LogP contribution in [0.15, 0.2) is 24.3 Å². The van der Waals surface area contributed by atoms with E-state index in [1.807, 2.05) is 24.3 Å². The van der Waals surface area contributed by atoms with E-state index in [0.29, 0.717) is 22.2 Å². The number of hydrogen-bond donors (Lipinski definition) is 1. The highest BCUT2D eigenvalue weighted by Crippen LogP contribution is 2.30. The summed E-state index contributed by atoms with van der Waals surface area (Å²) >= 11 is 1.20. The van der Waals surface area contributed by atoms with Crippen molar-refractivity contribution < 1.29 is 14.6 Å². The van der Waals surface area contributed by atoms with Crippen molar-refractivity contribution in [3.05, 3.63) is 34.8 Å². The maximum atomic E-state index is 11.1. The lowest BCUT2D eigenvalue weighted by Crippen LogP contribution is -1.97. The number of carboxylic acid groups (broad SMARTS) is 1. The average molecular weight is 319 g/mol. The lowest BCUT2D eigenvalue weighted by atomic mass is 10.2. The van der Waals surface area contributed by atoms with Crippen LogP contribution in [0.25, 0.3) is 10.6 Å². The van der Waals surface area contributed by atoms with Crippen LogP contribution in [0.1, 0.15) is 48.0 Å². The average Bonchev–Trinajstić information content (AvgIpc) is 2.90. The molecule has 0 fully saturated rings. The summed E-state index contributed by atoms with van der Waals surface area (Å²) in [6, 6.07) is 7.67. The largest absolute Gasteiger partial charge is 0.494 e. The smallest absolute Gasteiger partial charge is 0.347 e. The summed E-state index contributed by atoms with van der Waals surface area (Å²) in [5.74, 6) is -0.122. The van der Waals surface area contributed by atoms with Crippen LogP contribution < -0.4 is 4.74 Å². The van der Waals surface area contributed by atoms with Crippen molar-refractivity contribution in [2.75, 3.05) is 6.61 Å². The third kappa shape index (κ3) is 4.31. The first-order chi connectivity index (χ1) is 10.6. The lowest BCUT2D eigenvalue weighted by molar-refractivity contribution is 0.0701. The van der Waals surface area contributed by atoms with E-state index in [0.717, 1.165) is 17.7 Å². The van der Waals surface area contributed by atoms with E-state index < -0.39 is 5.97 Å². The lowest BCUT2D eigenvalue weighted by Gasteiger charge is -2.07. The van der Waals surface area contributed by atoms with Gasteiger partial charge in [0.05, 0.1) is 12.3 Å². The normalized spacial score (nSPS) is 10.6. The highest BCUT2D eigenvalue weighted by atomic mass is 32.1. The van der Waals surface area contributed by atoms with Crippen molar-refractivity contribution in [1.82, 2.24) is 4.98 Å². The number of ether oxygens (including phenoxy) is 1. The van der Waals surface area contributed by atoms with Gasteiger partial charge in [0.15, 0.2) is 0 Å². The van der Waals surface area contributed by atoms with Crippen molar-refractivity contribution in [2.24, 2.45) is 0 Å². The molecule has 2 rings (SSSR count). The Morgan fingerprint density at radius 3 is 2.82 bits per heavy atom. The Labute approximate surface area is 134 Å². The Balaban J connectivity index is 2.05. The van der Waals surface area contributed by atoms with Gasteiger partial charge in [-0.2, -0.15) is 0 Å². The van der Waals surface area contributed by atoms with Crippen LogP contribution in [-0.2, 0) is 0 Å². The first kappa shape index (κ1) is 16.5. The monoisotopic (exact) mass is 319 g/mol. The number of aromatic nitrogens is 1. The molecule has 4 nitrogen and oxygen atoms in total. The van der Waals surface area contributed by atoms with Crippen molar-refractivity contribution in [1.29, 1.82) is 0 Å². The quantitative estimate of drug-likeness (QED) is 0.712. The minimum atomic E-state index is -0.926. The minimum Gasteiger partial charge on any atom is -0.494 e. The number of thiazole rings is 1. The summed E-state index contributed by atoms with van der Waals surface area (Å²) in [4.78, 5) is 15.7. The molecule has 22 heavy (non-hydrogen) atoms. The van der Waals surface area contributed by atoms with Crippen LogP contribution in [0.3, 0.4) is 0 Å². The molecular weight excluding hydrogens is 298 g/mol. The zero-order chi connectivity index (χ0) is 15.9. The van der Waals surface area contributed by atoms with Crippen molar-refractivity contribution in [3.63, 3.8) is 0 Å². The fourth-order valence-electron chi connectivity index (χ4n) is 2.16. The third-order valence-corrected chi connectivity index (χ3v) is 4.53. The van der Waals surface area contributed by atoms with Gasteiger partial charge in [0, 0.05) is 5.56 Å². The van der Waals surface area contributed by atoms with E-state index in [1.165, 1.54) is 30.6 Å². The van der Waals surface area contributed by atoms with Gasteiger partial charge in [-0.15, -0.1) is 11.3 Å². The molecule has 0 radical (unpaired) electrons. The van der Waals surface area contributed by atoms with Crippen LogP contribution >= 0.6 is 11.3 Å². The van der Waals surface area contributed by atoms with Crippen molar-refractivity contribution >= 4 is 17.3 Å². The van der Waals surface area contributed by atoms with E-state index in [1.54, 1.807) is 6.92 Å². The number of rotatable bonds is 8. The molecule has 0 atom stereocenters. The maximum Gasteiger partial charge on any atom is 0.347 e. The van der Waals surface area contributed by atoms with Gasteiger partial charge in [-0.3, -0.25) is 0 Å². The number of carbonyl (C=O) groups is 1. The molecule has 0 saturated carbocycles. The van der Waals surface area contributed by atoms with Crippen LogP contribution in [0.2, 0.25) is 0 Å². The highest BCUT2D eigenvalue weighted by molar-refractivity contribution is 7.17. The van der Waals surface area contributed by atoms with Gasteiger partial charge in [-0.25, -0.2) is 9.78 Å². The second-order valence-electron chi connectivity index (χ2n) is 5.18. The molecular formula is C17H21NO3S. The van der Waals surface area contributed by atoms with Crippen LogP contribution in [0, 0.1) is 6.92 Å². The van der Waals surface area contributed by atoms with Crippen LogP contribution in [-0.4, -0.2) is 22.7 Å². The zero-order valence-corrected chi connectivity index (χ0v) is 13.8. The Hall–Kier alpha value is -1.88. The number of aromatic carboxylic acids is 1. The number of benzene rings is 1. The molecule has 0 bridgehead atoms. The summed E-state index contributed by atoms with van der Waals surface area (Å²) in [6.07, 6.45) is 4.69. The highest BCUT2D eigenvalue weighted by Gasteiger charge is 2.15. The topological polar surface area (TPSA) is 59.4 Å². The molecule has 5 heteroatoms. The molecule has 1 heterocycles. The van der Waals surface area contributed by atoms with Gasteiger partial charge in [0.25, 0.3) is 0 Å². The van der Waals surface area contributed by atoms with E-state index in [2.05, 4.69) is 11.9 Å². The molecule has 0 aliphatic carbocycles. The predicted octanol–water partition coefficient (Wildman–Crippen LogP) is 4.78. The van der Waals surface area contributed by atoms with Crippen LogP contribution in [0.4, 0.5) is 0 Å². The molecule has 0 aliphatic heterocycles. The number of carboxylic acids is 1. The van der Waals surface area contributed by atoms with Crippen molar-refractivity contribution in [3.8, 4) is 16.3 Å². The minimum absolute atomic E-state index is 0.292. The summed E-state index contributed by atoms with van der Waals surface area (Å²) in [5, 5.41) is 9.83. The predicted molar refractivity (Wildman–Crippen MR) is 88.9 cm³/mol. The fourth-order valence-corrected chi connectivity index (χ4v) is 3.06. The summed E-state index contributed by atoms with van der Waals surface area (Å²) in [5.41, 5.74) is 1.45. The molecule has 0 spiro atoms. The molecule has 2 aromatic rings. The van der Waals surface area contributed by atoms with Gasteiger partial charge in [0.1, 0.15) is 15.6 Å². The maximum absolute atomic E-state index is 11.1. The standard InChI is InChI=1S/C17H21NO3S/c1-3-4-5-6-10-21-14-9-7-8-13(11-14)16-18-12(2)15(22-16)17(19)20/h7-9,11H,3-6,10H2,1-2H3,(H,19,20). The molecule has 0 saturated heterocycles. The third-order valence-electron chi connectivity index (χ3n) is 3.34. The van der Waals surface area contributed by atoms with Gasteiger partial charge in [-0.1, -0.05) is 38.3 Å². The zero-order valence-electron chi connectivity index (χ0n) is 13.0. The number of unbranched alkanes of at least 4 members (excludes halogenated alkanes) is 3. The fraction of sp³-hybridized carbons (Fsp3) is 0.412. The van der Waals surface area contributed by atoms with E-state index in [9.17, 15) is 4.79 Å². The molecule has 118 valence electrons. The van der Waals surface area contributed by atoms with E-state index in [-0.39, 0.29) is 0 Å². The Kier molecular flexibility index (Phi) is 5.95. The molecule has 0 amide bonds. The van der Waals surface area contributed by atoms with Crippen molar-refractivity contribution in [2.45, 2.75) is 39.5 Å². The van der Waals surface area contributed by atoms with E-state index in [4.69, 9.17) is 9.84 Å². The van der Waals surface area contributed by atoms with Gasteiger partial charge in [0.2, 0.25) is 0 Å². The molecule has 0 aliphatic rings. The summed E-state index contributed by atoms with van der Waals surface area (Å²) < 4.78 is 5.76. The Morgan fingerprint density at radius 1 is 1.32 bits per heavy atom. The van der Waals surface area contributed by atoms with Gasteiger partial charge in [-0.05, 0) is 25.5 Å². The van der Waals surface area contributed by atoms with Crippen LogP contribution in [0.5, 0.6) is 5.75 Å². The molecule has 1 aromatic heterocycles. The summed E-state index contributed by atoms with van der Waals surface area (Å²) in [6.45, 7) is 4.62. The van der Waals surface area contributed by atoms with Gasteiger partial charge < -0.3 is 9.84 Å². The Bertz CT molecular complexity index is 637. The number of nitrogens with zero attached hydrogens (tertiary/aromatic N) is 1. The molecule has 1 N–H and O–H groups in total. The molecule has 1 aromatic carbocycles. The second-order valence-corrected chi connectivity index (χ2v) is 6.17. The summed E-state index contributed by atoms with van der Waals surface area (Å²) in [7, 11) is 0. The second kappa shape index (κ2) is 7.94. The first-order valence-corrected chi connectivity index (χ1v) is 8.37. The number of hydrogen-bond acceptors (Lipinski definition) is 4. The Morgan fingerprint density at radius 2 is 2.14 bits per heavy atom. The van der Waals surface area contributed by atoms with Gasteiger partial charge >= 0.3 is 5.97 Å². The first-order valence-electron chi connectivity index (χ1n) is 7.55. The molecule has 0 unspecified atom stereocenters. The SMILES string of the molecule is CCCCCCOc1cccc(-c2nc(C)c(C(=O)O)s2)c1. The number of aryl methyl sites for hydroxylation is 1.